The Morgan fingerprint density at radius 3 is 3.00 bits per heavy atom. The van der Waals surface area contributed by atoms with Crippen LogP contribution in [0.25, 0.3) is 0 Å². The van der Waals surface area contributed by atoms with Gasteiger partial charge >= 0.3 is 0 Å². The first kappa shape index (κ1) is 14.4. The van der Waals surface area contributed by atoms with Crippen LogP contribution in [-0.4, -0.2) is 6.54 Å². The number of fused-ring (bicyclic) bond motifs is 1. The highest BCUT2D eigenvalue weighted by atomic mass is 16.3. The molecule has 0 spiro atoms. The Kier molecular flexibility index (Phi) is 4.76. The van der Waals surface area contributed by atoms with Gasteiger partial charge in [-0.2, -0.15) is 0 Å². The lowest BCUT2D eigenvalue weighted by Crippen LogP contribution is -2.25. The maximum Gasteiger partial charge on any atom is 0.0950 e. The van der Waals surface area contributed by atoms with Crippen LogP contribution in [0.1, 0.15) is 61.3 Å². The van der Waals surface area contributed by atoms with E-state index < -0.39 is 0 Å². The Morgan fingerprint density at radius 1 is 1.29 bits per heavy atom. The molecule has 112 valence electrons. The fraction of sp³-hybridized carbons (Fsp3) is 0.474. The molecular weight excluding hydrogens is 258 g/mol. The molecule has 3 rings (SSSR count). The average molecular weight is 283 g/mol. The maximum absolute atomic E-state index is 5.29. The number of hydrogen-bond acceptors (Lipinski definition) is 2. The fourth-order valence-corrected chi connectivity index (χ4v) is 3.51. The predicted octanol–water partition coefficient (Wildman–Crippen LogP) is 4.83. The van der Waals surface area contributed by atoms with Gasteiger partial charge in [0.05, 0.1) is 12.5 Å². The maximum atomic E-state index is 5.29. The third-order valence-corrected chi connectivity index (χ3v) is 4.60. The van der Waals surface area contributed by atoms with Gasteiger partial charge in [0.1, 0.15) is 0 Å². The molecule has 1 heterocycles. The lowest BCUT2D eigenvalue weighted by molar-refractivity contribution is 0.416. The minimum atomic E-state index is 0.403. The normalized spacial score (nSPS) is 19.2. The standard InChI is InChI=1S/C19H25NO/c1-2-11-20-19(17-10-12-21-14-17)13-16-8-5-7-15-6-3-4-9-18(15)16/h3-4,6,9-10,12,14,16,19-20H,2,5,7-8,11,13H2,1H3. The third-order valence-electron chi connectivity index (χ3n) is 4.60. The lowest BCUT2D eigenvalue weighted by Gasteiger charge is -2.29. The van der Waals surface area contributed by atoms with Crippen molar-refractivity contribution in [3.05, 3.63) is 59.5 Å². The van der Waals surface area contributed by atoms with Crippen LogP contribution >= 0.6 is 0 Å². The van der Waals surface area contributed by atoms with Gasteiger partial charge < -0.3 is 9.73 Å². The minimum Gasteiger partial charge on any atom is -0.472 e. The van der Waals surface area contributed by atoms with Crippen molar-refractivity contribution < 1.29 is 4.42 Å². The van der Waals surface area contributed by atoms with Crippen LogP contribution in [0.2, 0.25) is 0 Å². The molecule has 0 saturated carbocycles. The zero-order valence-corrected chi connectivity index (χ0v) is 12.8. The van der Waals surface area contributed by atoms with E-state index in [1.807, 2.05) is 6.26 Å². The summed E-state index contributed by atoms with van der Waals surface area (Å²) in [7, 11) is 0. The average Bonchev–Trinajstić information content (AvgIpc) is 3.06. The fourth-order valence-electron chi connectivity index (χ4n) is 3.51. The Balaban J connectivity index is 1.77. The van der Waals surface area contributed by atoms with Crippen molar-refractivity contribution in [3.8, 4) is 0 Å². The molecule has 2 nitrogen and oxygen atoms in total. The lowest BCUT2D eigenvalue weighted by atomic mass is 9.79. The summed E-state index contributed by atoms with van der Waals surface area (Å²) >= 11 is 0. The van der Waals surface area contributed by atoms with Crippen molar-refractivity contribution in [1.82, 2.24) is 5.32 Å². The number of benzene rings is 1. The van der Waals surface area contributed by atoms with Crippen molar-refractivity contribution in [1.29, 1.82) is 0 Å². The van der Waals surface area contributed by atoms with E-state index in [9.17, 15) is 0 Å². The molecule has 2 atom stereocenters. The first-order valence-electron chi connectivity index (χ1n) is 8.21. The summed E-state index contributed by atoms with van der Waals surface area (Å²) in [6.07, 6.45) is 9.86. The van der Waals surface area contributed by atoms with Gasteiger partial charge in [-0.25, -0.2) is 0 Å². The quantitative estimate of drug-likeness (QED) is 0.821. The van der Waals surface area contributed by atoms with E-state index in [-0.39, 0.29) is 0 Å². The zero-order chi connectivity index (χ0) is 14.5. The molecule has 21 heavy (non-hydrogen) atoms. The monoisotopic (exact) mass is 283 g/mol. The Bertz CT molecular complexity index is 546. The molecule has 0 amide bonds. The van der Waals surface area contributed by atoms with Crippen molar-refractivity contribution in [3.63, 3.8) is 0 Å². The highest BCUT2D eigenvalue weighted by Crippen LogP contribution is 2.37. The first-order valence-corrected chi connectivity index (χ1v) is 8.21. The molecular formula is C19H25NO. The van der Waals surface area contributed by atoms with Gasteiger partial charge in [0.2, 0.25) is 0 Å². The van der Waals surface area contributed by atoms with Crippen molar-refractivity contribution in [2.45, 2.75) is 51.0 Å². The Hall–Kier alpha value is -1.54. The molecule has 0 aliphatic heterocycles. The molecule has 2 heteroatoms. The molecule has 2 unspecified atom stereocenters. The number of furan rings is 1. The second kappa shape index (κ2) is 6.95. The van der Waals surface area contributed by atoms with E-state index in [0.717, 1.165) is 19.4 Å². The van der Waals surface area contributed by atoms with Crippen LogP contribution in [0, 0.1) is 0 Å². The minimum absolute atomic E-state index is 0.403. The number of nitrogens with one attached hydrogen (secondary N) is 1. The summed E-state index contributed by atoms with van der Waals surface area (Å²) in [4.78, 5) is 0. The third kappa shape index (κ3) is 3.38. The smallest absolute Gasteiger partial charge is 0.0950 e. The van der Waals surface area contributed by atoms with Gasteiger partial charge in [-0.15, -0.1) is 0 Å². The second-order valence-electron chi connectivity index (χ2n) is 6.09. The van der Waals surface area contributed by atoms with Crippen LogP contribution in [-0.2, 0) is 6.42 Å². The summed E-state index contributed by atoms with van der Waals surface area (Å²) in [5.74, 6) is 0.666. The van der Waals surface area contributed by atoms with E-state index in [4.69, 9.17) is 4.42 Å². The van der Waals surface area contributed by atoms with Gasteiger partial charge in [-0.1, -0.05) is 31.2 Å². The van der Waals surface area contributed by atoms with Gasteiger partial charge in [-0.3, -0.25) is 0 Å². The highest BCUT2D eigenvalue weighted by molar-refractivity contribution is 5.33. The van der Waals surface area contributed by atoms with E-state index in [2.05, 4.69) is 42.6 Å². The largest absolute Gasteiger partial charge is 0.472 e. The molecule has 0 bridgehead atoms. The van der Waals surface area contributed by atoms with Gasteiger partial charge in [0.15, 0.2) is 0 Å². The van der Waals surface area contributed by atoms with Crippen LogP contribution < -0.4 is 5.32 Å². The number of rotatable bonds is 6. The van der Waals surface area contributed by atoms with Crippen LogP contribution in [0.5, 0.6) is 0 Å². The Morgan fingerprint density at radius 2 is 2.19 bits per heavy atom. The number of aryl methyl sites for hydroxylation is 1. The zero-order valence-electron chi connectivity index (χ0n) is 12.8. The van der Waals surface area contributed by atoms with Crippen LogP contribution in [0.4, 0.5) is 0 Å². The summed E-state index contributed by atoms with van der Waals surface area (Å²) < 4.78 is 5.29. The van der Waals surface area contributed by atoms with E-state index in [1.54, 1.807) is 17.4 Å². The summed E-state index contributed by atoms with van der Waals surface area (Å²) in [5.41, 5.74) is 4.40. The van der Waals surface area contributed by atoms with E-state index in [1.165, 1.54) is 24.8 Å². The molecule has 1 aliphatic rings. The van der Waals surface area contributed by atoms with Crippen molar-refractivity contribution in [2.75, 3.05) is 6.54 Å². The molecule has 1 N–H and O–H groups in total. The molecule has 1 aliphatic carbocycles. The van der Waals surface area contributed by atoms with Crippen LogP contribution in [0.3, 0.4) is 0 Å². The van der Waals surface area contributed by atoms with Gasteiger partial charge in [0, 0.05) is 11.6 Å². The van der Waals surface area contributed by atoms with Crippen LogP contribution in [0.15, 0.2) is 47.3 Å². The Labute approximate surface area is 127 Å². The molecule has 1 aromatic heterocycles. The molecule has 0 radical (unpaired) electrons. The topological polar surface area (TPSA) is 25.2 Å². The summed E-state index contributed by atoms with van der Waals surface area (Å²) in [5, 5.41) is 3.69. The molecule has 0 saturated heterocycles. The second-order valence-corrected chi connectivity index (χ2v) is 6.09. The highest BCUT2D eigenvalue weighted by Gasteiger charge is 2.24. The van der Waals surface area contributed by atoms with Gasteiger partial charge in [-0.05, 0) is 61.8 Å². The van der Waals surface area contributed by atoms with E-state index >= 15 is 0 Å². The number of hydrogen-bond donors (Lipinski definition) is 1. The van der Waals surface area contributed by atoms with Gasteiger partial charge in [0.25, 0.3) is 0 Å². The molecule has 0 fully saturated rings. The summed E-state index contributed by atoms with van der Waals surface area (Å²) in [6.45, 7) is 3.28. The van der Waals surface area contributed by atoms with Crippen molar-refractivity contribution >= 4 is 0 Å². The predicted molar refractivity (Wildman–Crippen MR) is 86.5 cm³/mol. The SMILES string of the molecule is CCCNC(CC1CCCc2ccccc21)c1ccoc1. The van der Waals surface area contributed by atoms with Crippen molar-refractivity contribution in [2.24, 2.45) is 0 Å². The first-order chi connectivity index (χ1) is 10.4. The van der Waals surface area contributed by atoms with E-state index in [0.29, 0.717) is 12.0 Å². The molecule has 1 aromatic carbocycles. The summed E-state index contributed by atoms with van der Waals surface area (Å²) in [6, 6.07) is 11.5. The molecule has 2 aromatic rings.